The minimum Gasteiger partial charge on any atom is -0.478 e. The normalized spacial score (nSPS) is 19.9. The Labute approximate surface area is 111 Å². The maximum atomic E-state index is 11.3. The van der Waals surface area contributed by atoms with Crippen molar-refractivity contribution in [3.8, 4) is 0 Å². The third-order valence-corrected chi connectivity index (χ3v) is 3.43. The molecular formula is C13H16ClNO3. The Morgan fingerprint density at radius 3 is 3.06 bits per heavy atom. The summed E-state index contributed by atoms with van der Waals surface area (Å²) in [5.41, 5.74) is 0.854. The van der Waals surface area contributed by atoms with E-state index >= 15 is 0 Å². The van der Waals surface area contributed by atoms with Gasteiger partial charge in [-0.15, -0.1) is 0 Å². The number of carboxylic acids is 1. The number of benzene rings is 1. The molecule has 1 saturated heterocycles. The van der Waals surface area contributed by atoms with Crippen molar-refractivity contribution in [1.29, 1.82) is 0 Å². The van der Waals surface area contributed by atoms with E-state index in [9.17, 15) is 9.90 Å². The molecule has 1 aromatic rings. The van der Waals surface area contributed by atoms with Crippen LogP contribution in [0.1, 0.15) is 23.7 Å². The SMILES string of the molecule is CCC1CN(c2c(Cl)cccc2C(=O)O)CCO1. The van der Waals surface area contributed by atoms with Gasteiger partial charge in [0.25, 0.3) is 0 Å². The van der Waals surface area contributed by atoms with Crippen LogP contribution < -0.4 is 4.90 Å². The Balaban J connectivity index is 2.34. The second kappa shape index (κ2) is 5.59. The summed E-state index contributed by atoms with van der Waals surface area (Å²) in [6.45, 7) is 4.00. The fourth-order valence-corrected chi connectivity index (χ4v) is 2.47. The highest BCUT2D eigenvalue weighted by molar-refractivity contribution is 6.34. The Morgan fingerprint density at radius 2 is 2.39 bits per heavy atom. The average molecular weight is 270 g/mol. The third kappa shape index (κ3) is 2.60. The molecular weight excluding hydrogens is 254 g/mol. The van der Waals surface area contributed by atoms with Crippen LogP contribution in [-0.2, 0) is 4.74 Å². The number of carbonyl (C=O) groups is 1. The number of para-hydroxylation sites is 1. The topological polar surface area (TPSA) is 49.8 Å². The van der Waals surface area contributed by atoms with Gasteiger partial charge in [-0.05, 0) is 18.6 Å². The predicted octanol–water partition coefficient (Wildman–Crippen LogP) is 2.65. The summed E-state index contributed by atoms with van der Waals surface area (Å²) in [4.78, 5) is 13.3. The second-order valence-electron chi connectivity index (χ2n) is 4.29. The fourth-order valence-electron chi connectivity index (χ4n) is 2.18. The van der Waals surface area contributed by atoms with Crippen LogP contribution in [0.3, 0.4) is 0 Å². The quantitative estimate of drug-likeness (QED) is 0.917. The minimum absolute atomic E-state index is 0.136. The molecule has 1 heterocycles. The monoisotopic (exact) mass is 269 g/mol. The smallest absolute Gasteiger partial charge is 0.337 e. The zero-order valence-electron chi connectivity index (χ0n) is 10.2. The molecule has 0 saturated carbocycles. The lowest BCUT2D eigenvalue weighted by molar-refractivity contribution is 0.0382. The molecule has 0 radical (unpaired) electrons. The van der Waals surface area contributed by atoms with Gasteiger partial charge in [0, 0.05) is 13.1 Å². The zero-order chi connectivity index (χ0) is 13.1. The standard InChI is InChI=1S/C13H16ClNO3/c1-2-9-8-15(6-7-18-9)12-10(13(16)17)4-3-5-11(12)14/h3-5,9H,2,6-8H2,1H3,(H,16,17). The van der Waals surface area contributed by atoms with Crippen molar-refractivity contribution in [2.24, 2.45) is 0 Å². The maximum Gasteiger partial charge on any atom is 0.337 e. The first kappa shape index (κ1) is 13.2. The molecule has 0 amide bonds. The van der Waals surface area contributed by atoms with E-state index in [1.165, 1.54) is 0 Å². The van der Waals surface area contributed by atoms with Gasteiger partial charge < -0.3 is 14.7 Å². The fraction of sp³-hybridized carbons (Fsp3) is 0.462. The van der Waals surface area contributed by atoms with Crippen molar-refractivity contribution < 1.29 is 14.6 Å². The summed E-state index contributed by atoms with van der Waals surface area (Å²) in [5.74, 6) is -0.952. The van der Waals surface area contributed by atoms with Crippen LogP contribution in [-0.4, -0.2) is 36.9 Å². The number of aromatic carboxylic acids is 1. The molecule has 0 bridgehead atoms. The predicted molar refractivity (Wildman–Crippen MR) is 70.7 cm³/mol. The minimum atomic E-state index is -0.952. The highest BCUT2D eigenvalue weighted by atomic mass is 35.5. The van der Waals surface area contributed by atoms with Crippen molar-refractivity contribution in [3.05, 3.63) is 28.8 Å². The maximum absolute atomic E-state index is 11.3. The van der Waals surface area contributed by atoms with Crippen molar-refractivity contribution in [2.45, 2.75) is 19.4 Å². The van der Waals surface area contributed by atoms with Crippen LogP contribution in [0.25, 0.3) is 0 Å². The molecule has 5 heteroatoms. The molecule has 1 aliphatic heterocycles. The van der Waals surface area contributed by atoms with E-state index in [0.29, 0.717) is 30.4 Å². The van der Waals surface area contributed by atoms with Gasteiger partial charge in [0.2, 0.25) is 0 Å². The van der Waals surface area contributed by atoms with E-state index in [1.807, 2.05) is 4.90 Å². The van der Waals surface area contributed by atoms with E-state index in [0.717, 1.165) is 6.42 Å². The number of nitrogens with zero attached hydrogens (tertiary/aromatic N) is 1. The number of rotatable bonds is 3. The molecule has 1 aromatic carbocycles. The third-order valence-electron chi connectivity index (χ3n) is 3.13. The van der Waals surface area contributed by atoms with E-state index in [-0.39, 0.29) is 11.7 Å². The molecule has 1 aliphatic rings. The van der Waals surface area contributed by atoms with E-state index in [2.05, 4.69) is 6.92 Å². The molecule has 4 nitrogen and oxygen atoms in total. The van der Waals surface area contributed by atoms with Crippen LogP contribution in [0.15, 0.2) is 18.2 Å². The molecule has 1 atom stereocenters. The lowest BCUT2D eigenvalue weighted by Crippen LogP contribution is -2.43. The highest BCUT2D eigenvalue weighted by Gasteiger charge is 2.24. The highest BCUT2D eigenvalue weighted by Crippen LogP contribution is 2.31. The van der Waals surface area contributed by atoms with Crippen LogP contribution in [0.5, 0.6) is 0 Å². The van der Waals surface area contributed by atoms with E-state index in [4.69, 9.17) is 16.3 Å². The Bertz CT molecular complexity index is 450. The molecule has 0 aliphatic carbocycles. The summed E-state index contributed by atoms with van der Waals surface area (Å²) in [7, 11) is 0. The van der Waals surface area contributed by atoms with Crippen LogP contribution in [0.4, 0.5) is 5.69 Å². The van der Waals surface area contributed by atoms with Crippen LogP contribution in [0.2, 0.25) is 5.02 Å². The largest absolute Gasteiger partial charge is 0.478 e. The first-order chi connectivity index (χ1) is 8.63. The van der Waals surface area contributed by atoms with Crippen LogP contribution >= 0.6 is 11.6 Å². The van der Waals surface area contributed by atoms with Gasteiger partial charge in [-0.3, -0.25) is 0 Å². The molecule has 1 fully saturated rings. The molecule has 2 rings (SSSR count). The van der Waals surface area contributed by atoms with Crippen LogP contribution in [0, 0.1) is 0 Å². The van der Waals surface area contributed by atoms with Gasteiger partial charge >= 0.3 is 5.97 Å². The molecule has 0 spiro atoms. The first-order valence-electron chi connectivity index (χ1n) is 6.01. The summed E-state index contributed by atoms with van der Waals surface area (Å²) in [5, 5.41) is 9.71. The number of hydrogen-bond donors (Lipinski definition) is 1. The van der Waals surface area contributed by atoms with E-state index < -0.39 is 5.97 Å². The number of carboxylic acid groups (broad SMARTS) is 1. The van der Waals surface area contributed by atoms with Crippen molar-refractivity contribution >= 4 is 23.3 Å². The number of halogens is 1. The van der Waals surface area contributed by atoms with E-state index in [1.54, 1.807) is 18.2 Å². The second-order valence-corrected chi connectivity index (χ2v) is 4.70. The van der Waals surface area contributed by atoms with Crippen molar-refractivity contribution in [2.75, 3.05) is 24.6 Å². The van der Waals surface area contributed by atoms with Gasteiger partial charge in [-0.1, -0.05) is 24.6 Å². The summed E-state index contributed by atoms with van der Waals surface area (Å²) in [6.07, 6.45) is 1.04. The number of morpholine rings is 1. The van der Waals surface area contributed by atoms with Crippen molar-refractivity contribution in [3.63, 3.8) is 0 Å². The molecule has 18 heavy (non-hydrogen) atoms. The number of hydrogen-bond acceptors (Lipinski definition) is 3. The lowest BCUT2D eigenvalue weighted by Gasteiger charge is -2.35. The Morgan fingerprint density at radius 1 is 1.61 bits per heavy atom. The molecule has 1 N–H and O–H groups in total. The lowest BCUT2D eigenvalue weighted by atomic mass is 10.1. The van der Waals surface area contributed by atoms with Gasteiger partial charge in [0.15, 0.2) is 0 Å². The summed E-state index contributed by atoms with van der Waals surface area (Å²) < 4.78 is 5.59. The zero-order valence-corrected chi connectivity index (χ0v) is 11.0. The number of anilines is 1. The van der Waals surface area contributed by atoms with Gasteiger partial charge in [-0.2, -0.15) is 0 Å². The van der Waals surface area contributed by atoms with Gasteiger partial charge in [-0.25, -0.2) is 4.79 Å². The number of ether oxygens (including phenoxy) is 1. The Kier molecular flexibility index (Phi) is 4.09. The molecule has 0 aromatic heterocycles. The molecule has 98 valence electrons. The van der Waals surface area contributed by atoms with Crippen molar-refractivity contribution in [1.82, 2.24) is 0 Å². The van der Waals surface area contributed by atoms with Gasteiger partial charge in [0.1, 0.15) is 0 Å². The summed E-state index contributed by atoms with van der Waals surface area (Å²) in [6, 6.07) is 4.97. The van der Waals surface area contributed by atoms with Gasteiger partial charge in [0.05, 0.1) is 29.0 Å². The summed E-state index contributed by atoms with van der Waals surface area (Å²) >= 11 is 6.15. The molecule has 1 unspecified atom stereocenters. The average Bonchev–Trinajstić information content (AvgIpc) is 2.38. The Hall–Kier alpha value is -1.26. The first-order valence-corrected chi connectivity index (χ1v) is 6.39.